The van der Waals surface area contributed by atoms with Crippen molar-refractivity contribution in [2.45, 2.75) is 37.3 Å². The van der Waals surface area contributed by atoms with E-state index in [4.69, 9.17) is 14.9 Å². The highest BCUT2D eigenvalue weighted by Gasteiger charge is 2.54. The number of aliphatic hydroxyl groups excluding tert-OH is 2. The molecular weight excluding hydrogens is 238 g/mol. The number of carbonyl (C=O) groups excluding carboxylic acids is 1. The number of nitrogens with zero attached hydrogens (tertiary/aromatic N) is 1. The van der Waals surface area contributed by atoms with Gasteiger partial charge in [-0.25, -0.2) is 13.6 Å². The van der Waals surface area contributed by atoms with Crippen LogP contribution in [0.15, 0.2) is 0 Å². The SMILES string of the molecule is O=C1N[C@H](O)CCN1[C@@H]1OC(CO)CC1(F)F. The number of rotatable bonds is 2. The first kappa shape index (κ1) is 12.5. The van der Waals surface area contributed by atoms with Gasteiger partial charge < -0.3 is 20.3 Å². The van der Waals surface area contributed by atoms with Crippen LogP contribution in [0.3, 0.4) is 0 Å². The zero-order chi connectivity index (χ0) is 12.6. The lowest BCUT2D eigenvalue weighted by Crippen LogP contribution is -2.58. The van der Waals surface area contributed by atoms with E-state index in [1.807, 2.05) is 0 Å². The predicted molar refractivity (Wildman–Crippen MR) is 51.2 cm³/mol. The molecule has 98 valence electrons. The number of amides is 2. The minimum Gasteiger partial charge on any atom is -0.394 e. The molecule has 2 fully saturated rings. The van der Waals surface area contributed by atoms with Crippen LogP contribution in [0.25, 0.3) is 0 Å². The molecule has 17 heavy (non-hydrogen) atoms. The summed E-state index contributed by atoms with van der Waals surface area (Å²) in [4.78, 5) is 12.3. The molecule has 2 rings (SSSR count). The molecule has 2 aliphatic rings. The topological polar surface area (TPSA) is 82.0 Å². The van der Waals surface area contributed by atoms with Crippen LogP contribution in [0.2, 0.25) is 0 Å². The smallest absolute Gasteiger partial charge is 0.321 e. The van der Waals surface area contributed by atoms with Gasteiger partial charge in [0.2, 0.25) is 0 Å². The maximum Gasteiger partial charge on any atom is 0.321 e. The Bertz CT molecular complexity index is 315. The van der Waals surface area contributed by atoms with Gasteiger partial charge in [-0.3, -0.25) is 4.90 Å². The zero-order valence-corrected chi connectivity index (χ0v) is 8.97. The van der Waals surface area contributed by atoms with Crippen molar-refractivity contribution in [3.63, 3.8) is 0 Å². The van der Waals surface area contributed by atoms with Crippen LogP contribution in [-0.2, 0) is 4.74 Å². The molecule has 0 aromatic carbocycles. The largest absolute Gasteiger partial charge is 0.394 e. The molecule has 8 heteroatoms. The van der Waals surface area contributed by atoms with E-state index < -0.39 is 43.5 Å². The third-order valence-corrected chi connectivity index (χ3v) is 2.86. The Morgan fingerprint density at radius 1 is 1.59 bits per heavy atom. The van der Waals surface area contributed by atoms with E-state index in [0.717, 1.165) is 4.90 Å². The van der Waals surface area contributed by atoms with Crippen molar-refractivity contribution in [1.29, 1.82) is 0 Å². The molecule has 2 aliphatic heterocycles. The number of hydrogen-bond donors (Lipinski definition) is 3. The highest BCUT2D eigenvalue weighted by molar-refractivity contribution is 5.75. The summed E-state index contributed by atoms with van der Waals surface area (Å²) in [6.07, 6.45) is -4.10. The van der Waals surface area contributed by atoms with Crippen LogP contribution in [-0.4, -0.2) is 58.8 Å². The third-order valence-electron chi connectivity index (χ3n) is 2.86. The van der Waals surface area contributed by atoms with Crippen LogP contribution in [0.5, 0.6) is 0 Å². The number of urea groups is 1. The van der Waals surface area contributed by atoms with Crippen molar-refractivity contribution in [2.24, 2.45) is 0 Å². The van der Waals surface area contributed by atoms with Gasteiger partial charge >= 0.3 is 6.03 Å². The van der Waals surface area contributed by atoms with Crippen LogP contribution in [0, 0.1) is 0 Å². The van der Waals surface area contributed by atoms with Gasteiger partial charge in [-0.1, -0.05) is 0 Å². The molecule has 0 aromatic rings. The summed E-state index contributed by atoms with van der Waals surface area (Å²) in [5, 5.41) is 20.1. The molecule has 0 aromatic heterocycles. The fourth-order valence-electron chi connectivity index (χ4n) is 2.03. The molecule has 0 spiro atoms. The lowest BCUT2D eigenvalue weighted by Gasteiger charge is -2.36. The second-order valence-corrected chi connectivity index (χ2v) is 4.21. The summed E-state index contributed by atoms with van der Waals surface area (Å²) >= 11 is 0. The average molecular weight is 252 g/mol. The number of carbonyl (C=O) groups is 1. The van der Waals surface area contributed by atoms with Crippen molar-refractivity contribution >= 4 is 6.03 Å². The lowest BCUT2D eigenvalue weighted by atomic mass is 10.1. The highest BCUT2D eigenvalue weighted by Crippen LogP contribution is 2.38. The van der Waals surface area contributed by atoms with E-state index in [1.54, 1.807) is 0 Å². The van der Waals surface area contributed by atoms with Gasteiger partial charge in [0.1, 0.15) is 6.23 Å². The summed E-state index contributed by atoms with van der Waals surface area (Å²) in [7, 11) is 0. The monoisotopic (exact) mass is 252 g/mol. The van der Waals surface area contributed by atoms with Gasteiger partial charge in [0.25, 0.3) is 5.92 Å². The molecule has 2 saturated heterocycles. The number of nitrogens with one attached hydrogen (secondary N) is 1. The Balaban J connectivity index is 2.09. The van der Waals surface area contributed by atoms with Crippen LogP contribution in [0.4, 0.5) is 13.6 Å². The Morgan fingerprint density at radius 3 is 2.82 bits per heavy atom. The van der Waals surface area contributed by atoms with E-state index in [0.29, 0.717) is 0 Å². The molecule has 1 unspecified atom stereocenters. The molecule has 0 aliphatic carbocycles. The van der Waals surface area contributed by atoms with Crippen molar-refractivity contribution in [1.82, 2.24) is 10.2 Å². The molecule has 6 nitrogen and oxygen atoms in total. The van der Waals surface area contributed by atoms with Crippen molar-refractivity contribution in [3.8, 4) is 0 Å². The fourth-order valence-corrected chi connectivity index (χ4v) is 2.03. The Kier molecular flexibility index (Phi) is 3.19. The summed E-state index contributed by atoms with van der Waals surface area (Å²) < 4.78 is 32.1. The first-order valence-corrected chi connectivity index (χ1v) is 5.33. The van der Waals surface area contributed by atoms with E-state index in [2.05, 4.69) is 5.32 Å². The van der Waals surface area contributed by atoms with Crippen molar-refractivity contribution in [2.75, 3.05) is 13.2 Å². The minimum atomic E-state index is -3.19. The first-order valence-electron chi connectivity index (χ1n) is 5.33. The molecule has 0 bridgehead atoms. The summed E-state index contributed by atoms with van der Waals surface area (Å²) in [5.74, 6) is -3.19. The number of halogens is 2. The minimum absolute atomic E-state index is 0.00853. The van der Waals surface area contributed by atoms with Gasteiger partial charge in [0.05, 0.1) is 12.7 Å². The van der Waals surface area contributed by atoms with Crippen molar-refractivity contribution in [3.05, 3.63) is 0 Å². The van der Waals surface area contributed by atoms with Crippen LogP contribution < -0.4 is 5.32 Å². The van der Waals surface area contributed by atoms with Gasteiger partial charge in [-0.2, -0.15) is 0 Å². The normalized spacial score (nSPS) is 37.1. The number of ether oxygens (including phenoxy) is 1. The molecule has 0 radical (unpaired) electrons. The Hall–Kier alpha value is -0.990. The molecule has 2 heterocycles. The fraction of sp³-hybridized carbons (Fsp3) is 0.889. The van der Waals surface area contributed by atoms with E-state index >= 15 is 0 Å². The predicted octanol–water partition coefficient (Wildman–Crippen LogP) is -0.537. The summed E-state index contributed by atoms with van der Waals surface area (Å²) in [6.45, 7) is -0.518. The molecule has 0 saturated carbocycles. The number of hydrogen-bond acceptors (Lipinski definition) is 4. The highest BCUT2D eigenvalue weighted by atomic mass is 19.3. The maximum absolute atomic E-state index is 13.6. The number of aliphatic hydroxyl groups is 2. The van der Waals surface area contributed by atoms with Gasteiger partial charge in [0.15, 0.2) is 6.23 Å². The number of alkyl halides is 2. The molecule has 3 N–H and O–H groups in total. The van der Waals surface area contributed by atoms with Crippen LogP contribution in [0.1, 0.15) is 12.8 Å². The van der Waals surface area contributed by atoms with Crippen molar-refractivity contribution < 1.29 is 28.5 Å². The first-order chi connectivity index (χ1) is 7.94. The second kappa shape index (κ2) is 4.35. The molecule has 3 atom stereocenters. The maximum atomic E-state index is 13.6. The van der Waals surface area contributed by atoms with E-state index in [1.165, 1.54) is 0 Å². The molecule has 2 amide bonds. The second-order valence-electron chi connectivity index (χ2n) is 4.21. The zero-order valence-electron chi connectivity index (χ0n) is 8.97. The average Bonchev–Trinajstić information content (AvgIpc) is 2.54. The lowest BCUT2D eigenvalue weighted by molar-refractivity contribution is -0.145. The van der Waals surface area contributed by atoms with Crippen LogP contribution >= 0.6 is 0 Å². The standard InChI is InChI=1S/C9H14F2N2O4/c10-9(11)3-5(4-14)17-7(9)13-2-1-6(15)12-8(13)16/h5-7,14-15H,1-4H2,(H,12,16)/t5?,6-,7-/m1/s1. The summed E-state index contributed by atoms with van der Waals surface area (Å²) in [6, 6.07) is -0.785. The van der Waals surface area contributed by atoms with Gasteiger partial charge in [0, 0.05) is 19.4 Å². The van der Waals surface area contributed by atoms with Gasteiger partial charge in [-0.05, 0) is 0 Å². The Morgan fingerprint density at radius 2 is 2.29 bits per heavy atom. The quantitative estimate of drug-likeness (QED) is 0.616. The van der Waals surface area contributed by atoms with E-state index in [9.17, 15) is 13.6 Å². The Labute approximate surface area is 96.2 Å². The molecular formula is C9H14F2N2O4. The van der Waals surface area contributed by atoms with E-state index in [-0.39, 0.29) is 13.0 Å². The third kappa shape index (κ3) is 2.33. The van der Waals surface area contributed by atoms with Gasteiger partial charge in [-0.15, -0.1) is 0 Å². The summed E-state index contributed by atoms with van der Waals surface area (Å²) in [5.41, 5.74) is 0.